The smallest absolute Gasteiger partial charge is 0.258 e. The molecule has 230 valence electrons. The van der Waals surface area contributed by atoms with Gasteiger partial charge in [-0.05, 0) is 80.6 Å². The Hall–Kier alpha value is -4.07. The van der Waals surface area contributed by atoms with E-state index in [2.05, 4.69) is 23.7 Å². The molecule has 0 spiro atoms. The van der Waals surface area contributed by atoms with E-state index < -0.39 is 5.79 Å². The molecule has 0 aliphatic carbocycles. The van der Waals surface area contributed by atoms with E-state index in [-0.39, 0.29) is 35.6 Å². The van der Waals surface area contributed by atoms with Crippen molar-refractivity contribution in [1.29, 1.82) is 0 Å². The third-order valence-electron chi connectivity index (χ3n) is 7.91. The number of nitrogens with zero attached hydrogens (tertiary/aromatic N) is 1. The van der Waals surface area contributed by atoms with Crippen LogP contribution in [0.5, 0.6) is 0 Å². The molecular weight excluding hydrogens is 555 g/mol. The molecule has 3 aromatic carbocycles. The van der Waals surface area contributed by atoms with Crippen molar-refractivity contribution in [2.45, 2.75) is 84.3 Å². The number of rotatable bonds is 10. The molecule has 0 bridgehead atoms. The van der Waals surface area contributed by atoms with Gasteiger partial charge in [0.15, 0.2) is 5.79 Å². The summed E-state index contributed by atoms with van der Waals surface area (Å²) in [6, 6.07) is 25.8. The number of ketones is 1. The fourth-order valence-corrected chi connectivity index (χ4v) is 6.32. The van der Waals surface area contributed by atoms with Gasteiger partial charge in [0.05, 0.1) is 23.5 Å². The van der Waals surface area contributed by atoms with E-state index in [1.165, 1.54) is 12.1 Å². The topological polar surface area (TPSA) is 69.6 Å². The Bertz CT molecular complexity index is 1590. The Morgan fingerprint density at radius 2 is 1.52 bits per heavy atom. The van der Waals surface area contributed by atoms with Crippen LogP contribution in [0.2, 0.25) is 0 Å². The molecule has 7 heteroatoms. The fraction of sp³-hybridized carbons (Fsp3) is 0.351. The van der Waals surface area contributed by atoms with Gasteiger partial charge in [-0.2, -0.15) is 0 Å². The summed E-state index contributed by atoms with van der Waals surface area (Å²) in [5.41, 5.74) is 5.56. The summed E-state index contributed by atoms with van der Waals surface area (Å²) < 4.78 is 28.8. The average Bonchev–Trinajstić information content (AvgIpc) is 3.32. The van der Waals surface area contributed by atoms with Crippen molar-refractivity contribution >= 4 is 17.4 Å². The van der Waals surface area contributed by atoms with E-state index in [1.54, 1.807) is 19.1 Å². The predicted molar refractivity (Wildman–Crippen MR) is 172 cm³/mol. The number of ether oxygens (including phenoxy) is 2. The van der Waals surface area contributed by atoms with Crippen molar-refractivity contribution in [3.63, 3.8) is 0 Å². The molecule has 1 aliphatic heterocycles. The van der Waals surface area contributed by atoms with Crippen LogP contribution >= 0.6 is 0 Å². The second-order valence-electron chi connectivity index (χ2n) is 12.3. The van der Waals surface area contributed by atoms with Gasteiger partial charge in [-0.3, -0.25) is 9.59 Å². The zero-order chi connectivity index (χ0) is 31.4. The van der Waals surface area contributed by atoms with Crippen LogP contribution in [0.4, 0.5) is 10.1 Å². The molecule has 44 heavy (non-hydrogen) atoms. The van der Waals surface area contributed by atoms with Gasteiger partial charge >= 0.3 is 0 Å². The molecule has 0 unspecified atom stereocenters. The lowest BCUT2D eigenvalue weighted by Gasteiger charge is -2.41. The molecular formula is C37H41FN2O4. The highest BCUT2D eigenvalue weighted by Crippen LogP contribution is 2.43. The summed E-state index contributed by atoms with van der Waals surface area (Å²) in [5, 5.41) is 3.12. The first-order valence-corrected chi connectivity index (χ1v) is 15.3. The van der Waals surface area contributed by atoms with Crippen molar-refractivity contribution in [2.75, 3.05) is 5.32 Å². The molecule has 0 saturated carbocycles. The van der Waals surface area contributed by atoms with E-state index in [0.29, 0.717) is 37.1 Å². The zero-order valence-electron chi connectivity index (χ0n) is 26.1. The molecule has 1 aromatic heterocycles. The van der Waals surface area contributed by atoms with Crippen LogP contribution in [-0.2, 0) is 20.8 Å². The number of benzene rings is 3. The fourth-order valence-electron chi connectivity index (χ4n) is 6.32. The van der Waals surface area contributed by atoms with Gasteiger partial charge in [0, 0.05) is 36.3 Å². The highest BCUT2D eigenvalue weighted by Gasteiger charge is 2.37. The van der Waals surface area contributed by atoms with Gasteiger partial charge in [0.2, 0.25) is 0 Å². The minimum absolute atomic E-state index is 0.0132. The summed E-state index contributed by atoms with van der Waals surface area (Å²) >= 11 is 0. The monoisotopic (exact) mass is 596 g/mol. The molecule has 1 saturated heterocycles. The summed E-state index contributed by atoms with van der Waals surface area (Å²) in [6.45, 7) is 10.1. The average molecular weight is 597 g/mol. The molecule has 1 amide bonds. The summed E-state index contributed by atoms with van der Waals surface area (Å²) in [5.74, 6) is -1.28. The molecule has 5 rings (SSSR count). The number of hydrogen-bond donors (Lipinski definition) is 1. The number of para-hydroxylation sites is 1. The minimum Gasteiger partial charge on any atom is -0.347 e. The molecule has 4 aromatic rings. The molecule has 1 N–H and O–H groups in total. The van der Waals surface area contributed by atoms with Gasteiger partial charge in [0.1, 0.15) is 11.6 Å². The standard InChI is InChI=1S/C37H41FN2O4/c1-24(2)34-33(36(42)39-29-14-10-7-11-15-29)32(26-12-8-6-9-13-26)35(27-16-18-28(38)19-17-27)40(34)21-20-30-23-31(22-25(3)41)44-37(4,5)43-30/h6-19,24,30-31H,20-23H2,1-5H3,(H,39,42)/t30-,31+/m1/s1. The Labute approximate surface area is 259 Å². The number of hydrogen-bond acceptors (Lipinski definition) is 4. The first-order valence-electron chi connectivity index (χ1n) is 15.3. The van der Waals surface area contributed by atoms with Gasteiger partial charge in [-0.15, -0.1) is 0 Å². The molecule has 1 fully saturated rings. The molecule has 0 radical (unpaired) electrons. The zero-order valence-corrected chi connectivity index (χ0v) is 26.1. The Kier molecular flexibility index (Phi) is 9.47. The number of Topliss-reactive ketones (excluding diaryl/α,β-unsaturated/α-hetero) is 1. The van der Waals surface area contributed by atoms with Crippen LogP contribution < -0.4 is 5.32 Å². The first-order chi connectivity index (χ1) is 21.0. The van der Waals surface area contributed by atoms with Crippen molar-refractivity contribution in [3.05, 3.63) is 102 Å². The Morgan fingerprint density at radius 3 is 2.14 bits per heavy atom. The Morgan fingerprint density at radius 1 is 0.909 bits per heavy atom. The summed E-state index contributed by atoms with van der Waals surface area (Å²) in [7, 11) is 0. The molecule has 6 nitrogen and oxygen atoms in total. The highest BCUT2D eigenvalue weighted by molar-refractivity contribution is 6.12. The summed E-state index contributed by atoms with van der Waals surface area (Å²) in [6.07, 6.45) is 1.19. The lowest BCUT2D eigenvalue weighted by Crippen LogP contribution is -2.45. The maximum atomic E-state index is 14.3. The van der Waals surface area contributed by atoms with Crippen LogP contribution in [0, 0.1) is 5.82 Å². The van der Waals surface area contributed by atoms with Crippen molar-refractivity contribution in [3.8, 4) is 22.4 Å². The lowest BCUT2D eigenvalue weighted by molar-refractivity contribution is -0.300. The minimum atomic E-state index is -0.823. The second kappa shape index (κ2) is 13.3. The van der Waals surface area contributed by atoms with Gasteiger partial charge < -0.3 is 19.4 Å². The summed E-state index contributed by atoms with van der Waals surface area (Å²) in [4.78, 5) is 26.2. The van der Waals surface area contributed by atoms with Crippen LogP contribution in [0.3, 0.4) is 0 Å². The Balaban J connectivity index is 1.66. The number of nitrogens with one attached hydrogen (secondary N) is 1. The SMILES string of the molecule is CC(=O)C[C@H]1C[C@@H](CCn2c(-c3ccc(F)cc3)c(-c3ccccc3)c(C(=O)Nc3ccccc3)c2C(C)C)OC(C)(C)O1. The maximum absolute atomic E-state index is 14.3. The van der Waals surface area contributed by atoms with Crippen LogP contribution in [0.15, 0.2) is 84.9 Å². The predicted octanol–water partition coefficient (Wildman–Crippen LogP) is 8.62. The van der Waals surface area contributed by atoms with E-state index in [1.807, 2.05) is 74.5 Å². The lowest BCUT2D eigenvalue weighted by atomic mass is 9.94. The van der Waals surface area contributed by atoms with E-state index >= 15 is 0 Å². The number of amides is 1. The van der Waals surface area contributed by atoms with E-state index in [9.17, 15) is 14.0 Å². The van der Waals surface area contributed by atoms with Crippen molar-refractivity contribution in [2.24, 2.45) is 0 Å². The van der Waals surface area contributed by atoms with Crippen LogP contribution in [-0.4, -0.2) is 34.3 Å². The van der Waals surface area contributed by atoms with Gasteiger partial charge in [-0.25, -0.2) is 4.39 Å². The number of anilines is 1. The second-order valence-corrected chi connectivity index (χ2v) is 12.3. The van der Waals surface area contributed by atoms with E-state index in [0.717, 1.165) is 28.1 Å². The molecule has 1 aliphatic rings. The van der Waals surface area contributed by atoms with Crippen LogP contribution in [0.1, 0.15) is 75.9 Å². The van der Waals surface area contributed by atoms with Gasteiger partial charge in [0.25, 0.3) is 5.91 Å². The highest BCUT2D eigenvalue weighted by atomic mass is 19.1. The molecule has 2 atom stereocenters. The van der Waals surface area contributed by atoms with E-state index in [4.69, 9.17) is 9.47 Å². The number of aromatic nitrogens is 1. The van der Waals surface area contributed by atoms with Crippen LogP contribution in [0.25, 0.3) is 22.4 Å². The van der Waals surface area contributed by atoms with Crippen molar-refractivity contribution in [1.82, 2.24) is 4.57 Å². The molecule has 2 heterocycles. The number of halogens is 1. The normalized spacial score (nSPS) is 17.9. The maximum Gasteiger partial charge on any atom is 0.258 e. The number of carbonyl (C=O) groups is 2. The third-order valence-corrected chi connectivity index (χ3v) is 7.91. The third kappa shape index (κ3) is 7.17. The van der Waals surface area contributed by atoms with Crippen molar-refractivity contribution < 1.29 is 23.5 Å². The quantitative estimate of drug-likeness (QED) is 0.199. The largest absolute Gasteiger partial charge is 0.347 e. The first kappa shape index (κ1) is 31.4. The van der Waals surface area contributed by atoms with Gasteiger partial charge in [-0.1, -0.05) is 62.4 Å². The number of carbonyl (C=O) groups excluding carboxylic acids is 2.